The second kappa shape index (κ2) is 9.57. The SMILES string of the molecule is CCCCCNc1nc(C)cc(Nc2ccccc2Oc2ccccc2)n1. The molecule has 0 radical (unpaired) electrons. The fourth-order valence-electron chi connectivity index (χ4n) is 2.70. The van der Waals surface area contributed by atoms with Crippen molar-refractivity contribution >= 4 is 17.5 Å². The van der Waals surface area contributed by atoms with Crippen LogP contribution in [-0.2, 0) is 0 Å². The number of benzene rings is 2. The Hall–Kier alpha value is -3.08. The maximum Gasteiger partial charge on any atom is 0.224 e. The van der Waals surface area contributed by atoms with Crippen LogP contribution < -0.4 is 15.4 Å². The molecule has 0 aliphatic carbocycles. The summed E-state index contributed by atoms with van der Waals surface area (Å²) in [6, 6.07) is 19.5. The first-order chi connectivity index (χ1) is 13.2. The molecular formula is C22H26N4O. The van der Waals surface area contributed by atoms with Gasteiger partial charge in [0.2, 0.25) is 5.95 Å². The highest BCUT2D eigenvalue weighted by atomic mass is 16.5. The highest BCUT2D eigenvalue weighted by Gasteiger charge is 2.07. The Labute approximate surface area is 160 Å². The van der Waals surface area contributed by atoms with E-state index in [0.29, 0.717) is 5.95 Å². The molecule has 140 valence electrons. The summed E-state index contributed by atoms with van der Waals surface area (Å²) in [5.41, 5.74) is 1.77. The zero-order chi connectivity index (χ0) is 18.9. The van der Waals surface area contributed by atoms with Crippen molar-refractivity contribution in [2.75, 3.05) is 17.2 Å². The molecule has 3 aromatic rings. The highest BCUT2D eigenvalue weighted by molar-refractivity contribution is 5.65. The summed E-state index contributed by atoms with van der Waals surface area (Å²) in [5.74, 6) is 2.93. The third-order valence-electron chi connectivity index (χ3n) is 4.04. The van der Waals surface area contributed by atoms with Gasteiger partial charge in [-0.3, -0.25) is 0 Å². The quantitative estimate of drug-likeness (QED) is 0.462. The number of aryl methyl sites for hydroxylation is 1. The molecular weight excluding hydrogens is 336 g/mol. The van der Waals surface area contributed by atoms with E-state index in [1.807, 2.05) is 67.6 Å². The number of nitrogens with one attached hydrogen (secondary N) is 2. The molecule has 0 aliphatic rings. The Kier molecular flexibility index (Phi) is 6.63. The van der Waals surface area contributed by atoms with Gasteiger partial charge in [0, 0.05) is 18.3 Å². The lowest BCUT2D eigenvalue weighted by molar-refractivity contribution is 0.485. The molecule has 0 saturated heterocycles. The van der Waals surface area contributed by atoms with E-state index < -0.39 is 0 Å². The summed E-state index contributed by atoms with van der Waals surface area (Å²) < 4.78 is 6.01. The number of rotatable bonds is 9. The first-order valence-corrected chi connectivity index (χ1v) is 9.43. The van der Waals surface area contributed by atoms with Gasteiger partial charge in [0.25, 0.3) is 0 Å². The Morgan fingerprint density at radius 3 is 2.52 bits per heavy atom. The van der Waals surface area contributed by atoms with Gasteiger partial charge in [0.15, 0.2) is 5.75 Å². The molecule has 2 aromatic carbocycles. The van der Waals surface area contributed by atoms with E-state index in [4.69, 9.17) is 4.74 Å². The molecule has 5 heteroatoms. The van der Waals surface area contributed by atoms with E-state index in [-0.39, 0.29) is 0 Å². The molecule has 0 atom stereocenters. The molecule has 27 heavy (non-hydrogen) atoms. The summed E-state index contributed by atoms with van der Waals surface area (Å²) >= 11 is 0. The van der Waals surface area contributed by atoms with Crippen LogP contribution in [0.2, 0.25) is 0 Å². The zero-order valence-electron chi connectivity index (χ0n) is 15.9. The summed E-state index contributed by atoms with van der Waals surface area (Å²) in [6.07, 6.45) is 3.51. The zero-order valence-corrected chi connectivity index (χ0v) is 15.9. The van der Waals surface area contributed by atoms with Gasteiger partial charge in [-0.15, -0.1) is 0 Å². The van der Waals surface area contributed by atoms with Crippen molar-refractivity contribution < 1.29 is 4.74 Å². The number of hydrogen-bond acceptors (Lipinski definition) is 5. The minimum Gasteiger partial charge on any atom is -0.455 e. The molecule has 2 N–H and O–H groups in total. The van der Waals surface area contributed by atoms with Gasteiger partial charge in [-0.2, -0.15) is 4.98 Å². The summed E-state index contributed by atoms with van der Waals surface area (Å²) in [4.78, 5) is 9.06. The van der Waals surface area contributed by atoms with Crippen LogP contribution in [-0.4, -0.2) is 16.5 Å². The molecule has 0 unspecified atom stereocenters. The lowest BCUT2D eigenvalue weighted by Gasteiger charge is -2.14. The van der Waals surface area contributed by atoms with Crippen molar-refractivity contribution in [2.45, 2.75) is 33.1 Å². The summed E-state index contributed by atoms with van der Waals surface area (Å²) in [7, 11) is 0. The average molecular weight is 362 g/mol. The van der Waals surface area contributed by atoms with Gasteiger partial charge < -0.3 is 15.4 Å². The van der Waals surface area contributed by atoms with Gasteiger partial charge in [0.05, 0.1) is 5.69 Å². The molecule has 0 aliphatic heterocycles. The van der Waals surface area contributed by atoms with Crippen molar-refractivity contribution in [3.63, 3.8) is 0 Å². The molecule has 5 nitrogen and oxygen atoms in total. The van der Waals surface area contributed by atoms with Crippen molar-refractivity contribution in [1.82, 2.24) is 9.97 Å². The average Bonchev–Trinajstić information content (AvgIpc) is 2.67. The van der Waals surface area contributed by atoms with Crippen LogP contribution in [0.3, 0.4) is 0 Å². The van der Waals surface area contributed by atoms with Crippen LogP contribution in [0.15, 0.2) is 60.7 Å². The smallest absolute Gasteiger partial charge is 0.224 e. The van der Waals surface area contributed by atoms with E-state index in [1.165, 1.54) is 12.8 Å². The largest absolute Gasteiger partial charge is 0.455 e. The first-order valence-electron chi connectivity index (χ1n) is 9.43. The third kappa shape index (κ3) is 5.71. The fraction of sp³-hybridized carbons (Fsp3) is 0.273. The lowest BCUT2D eigenvalue weighted by Crippen LogP contribution is -2.07. The second-order valence-corrected chi connectivity index (χ2v) is 6.39. The molecule has 1 aromatic heterocycles. The normalized spacial score (nSPS) is 10.4. The van der Waals surface area contributed by atoms with Crippen molar-refractivity contribution in [2.24, 2.45) is 0 Å². The van der Waals surface area contributed by atoms with Crippen molar-refractivity contribution in [1.29, 1.82) is 0 Å². The highest BCUT2D eigenvalue weighted by Crippen LogP contribution is 2.31. The predicted octanol–water partition coefficient (Wildman–Crippen LogP) is 5.92. The van der Waals surface area contributed by atoms with E-state index in [9.17, 15) is 0 Å². The molecule has 0 amide bonds. The van der Waals surface area contributed by atoms with Crippen LogP contribution in [0.4, 0.5) is 17.5 Å². The molecule has 3 rings (SSSR count). The third-order valence-corrected chi connectivity index (χ3v) is 4.04. The second-order valence-electron chi connectivity index (χ2n) is 6.39. The van der Waals surface area contributed by atoms with Gasteiger partial charge >= 0.3 is 0 Å². The Morgan fingerprint density at radius 2 is 1.70 bits per heavy atom. The molecule has 0 fully saturated rings. The predicted molar refractivity (Wildman–Crippen MR) is 111 cm³/mol. The van der Waals surface area contributed by atoms with E-state index in [1.54, 1.807) is 0 Å². The minimum atomic E-state index is 0.648. The number of hydrogen-bond donors (Lipinski definition) is 2. The van der Waals surface area contributed by atoms with Crippen LogP contribution in [0, 0.1) is 6.92 Å². The Bertz CT molecular complexity index is 852. The number of aromatic nitrogens is 2. The van der Waals surface area contributed by atoms with Crippen LogP contribution >= 0.6 is 0 Å². The minimum absolute atomic E-state index is 0.648. The van der Waals surface area contributed by atoms with Gasteiger partial charge in [-0.25, -0.2) is 4.98 Å². The standard InChI is InChI=1S/C22H26N4O/c1-3-4-10-15-23-22-24-17(2)16-21(26-22)25-19-13-8-9-14-20(19)27-18-11-6-5-7-12-18/h5-9,11-14,16H,3-4,10,15H2,1-2H3,(H2,23,24,25,26). The lowest BCUT2D eigenvalue weighted by atomic mass is 10.2. The monoisotopic (exact) mass is 362 g/mol. The number of nitrogens with zero attached hydrogens (tertiary/aromatic N) is 2. The summed E-state index contributed by atoms with van der Waals surface area (Å²) in [5, 5.41) is 6.67. The summed E-state index contributed by atoms with van der Waals surface area (Å²) in [6.45, 7) is 5.04. The first kappa shape index (κ1) is 18.7. The van der Waals surface area contributed by atoms with Crippen molar-refractivity contribution in [3.8, 4) is 11.5 Å². The molecule has 1 heterocycles. The van der Waals surface area contributed by atoms with E-state index in [2.05, 4.69) is 27.5 Å². The van der Waals surface area contributed by atoms with Gasteiger partial charge in [-0.1, -0.05) is 50.1 Å². The molecule has 0 bridgehead atoms. The number of ether oxygens (including phenoxy) is 1. The number of para-hydroxylation sites is 3. The Balaban J connectivity index is 1.74. The molecule has 0 spiro atoms. The van der Waals surface area contributed by atoms with Gasteiger partial charge in [-0.05, 0) is 37.6 Å². The van der Waals surface area contributed by atoms with E-state index >= 15 is 0 Å². The van der Waals surface area contributed by atoms with Gasteiger partial charge in [0.1, 0.15) is 11.6 Å². The van der Waals surface area contributed by atoms with Crippen LogP contribution in [0.25, 0.3) is 0 Å². The number of anilines is 3. The topological polar surface area (TPSA) is 59.1 Å². The van der Waals surface area contributed by atoms with Crippen molar-refractivity contribution in [3.05, 3.63) is 66.4 Å². The number of unbranched alkanes of at least 4 members (excludes halogenated alkanes) is 2. The Morgan fingerprint density at radius 1 is 0.926 bits per heavy atom. The maximum absolute atomic E-state index is 6.01. The van der Waals surface area contributed by atoms with Crippen LogP contribution in [0.1, 0.15) is 31.9 Å². The van der Waals surface area contributed by atoms with E-state index in [0.717, 1.165) is 41.7 Å². The molecule has 0 saturated carbocycles. The fourth-order valence-corrected chi connectivity index (χ4v) is 2.70. The van der Waals surface area contributed by atoms with Crippen LogP contribution in [0.5, 0.6) is 11.5 Å². The maximum atomic E-state index is 6.01.